The van der Waals surface area contributed by atoms with Crippen LogP contribution in [0.3, 0.4) is 0 Å². The zero-order valence-electron chi connectivity index (χ0n) is 18.4. The van der Waals surface area contributed by atoms with Gasteiger partial charge in [0, 0.05) is 17.4 Å². The standard InChI is InChI=1S/C26H30O5/c1-26(2)20-14-18-16-6-4-8-21(29-3)17(16)7-5-9-22(18)30-25(20)19-12-15(13-24(27)28)10-11-23(19)31-26/h4,6,8,10-12,18,20,22,25H,5,7,9,13-14H2,1-3H3,(H,27,28)/t18-,20+,22+,25-/m1/s1. The molecule has 1 aliphatic carbocycles. The molecule has 3 aliphatic rings. The molecule has 0 aromatic heterocycles. The highest BCUT2D eigenvalue weighted by molar-refractivity contribution is 5.70. The lowest BCUT2D eigenvalue weighted by Crippen LogP contribution is -2.50. The largest absolute Gasteiger partial charge is 0.496 e. The second-order valence-corrected chi connectivity index (χ2v) is 9.61. The maximum atomic E-state index is 11.2. The lowest BCUT2D eigenvalue weighted by atomic mass is 9.69. The zero-order chi connectivity index (χ0) is 21.8. The molecule has 2 aliphatic heterocycles. The smallest absolute Gasteiger partial charge is 0.307 e. The van der Waals surface area contributed by atoms with E-state index in [2.05, 4.69) is 32.0 Å². The number of carbonyl (C=O) groups is 1. The first-order valence-electron chi connectivity index (χ1n) is 11.2. The Hall–Kier alpha value is -2.53. The molecule has 2 heterocycles. The lowest BCUT2D eigenvalue weighted by molar-refractivity contribution is -0.159. The number of carboxylic acids is 1. The van der Waals surface area contributed by atoms with Crippen molar-refractivity contribution in [1.29, 1.82) is 0 Å². The Balaban J connectivity index is 1.55. The van der Waals surface area contributed by atoms with Gasteiger partial charge in [-0.3, -0.25) is 4.79 Å². The van der Waals surface area contributed by atoms with E-state index in [1.807, 2.05) is 18.2 Å². The van der Waals surface area contributed by atoms with E-state index in [1.165, 1.54) is 11.1 Å². The quantitative estimate of drug-likeness (QED) is 0.749. The highest BCUT2D eigenvalue weighted by Gasteiger charge is 2.51. The molecular weight excluding hydrogens is 392 g/mol. The summed E-state index contributed by atoms with van der Waals surface area (Å²) in [6.07, 6.45) is 4.12. The van der Waals surface area contributed by atoms with E-state index in [4.69, 9.17) is 14.2 Å². The van der Waals surface area contributed by atoms with Crippen molar-refractivity contribution in [3.8, 4) is 11.5 Å². The molecule has 0 saturated carbocycles. The van der Waals surface area contributed by atoms with Crippen molar-refractivity contribution < 1.29 is 24.1 Å². The molecular formula is C26H30O5. The van der Waals surface area contributed by atoms with Crippen molar-refractivity contribution >= 4 is 5.97 Å². The SMILES string of the molecule is COc1cccc2c1CCC[C@@H]1O[C@@H]3c4cc(CC(=O)O)ccc4OC(C)(C)[C@H]3C[C@H]21. The number of hydrogen-bond acceptors (Lipinski definition) is 4. The first-order valence-corrected chi connectivity index (χ1v) is 11.2. The molecule has 0 spiro atoms. The Kier molecular flexibility index (Phi) is 4.97. The highest BCUT2D eigenvalue weighted by Crippen LogP contribution is 2.55. The first kappa shape index (κ1) is 20.4. The van der Waals surface area contributed by atoms with E-state index < -0.39 is 5.97 Å². The van der Waals surface area contributed by atoms with Crippen LogP contribution in [0.15, 0.2) is 36.4 Å². The number of carboxylic acid groups (broad SMARTS) is 1. The van der Waals surface area contributed by atoms with Crippen molar-refractivity contribution in [2.45, 2.75) is 69.7 Å². The second kappa shape index (κ2) is 7.56. The Morgan fingerprint density at radius 1 is 1.23 bits per heavy atom. The predicted octanol–water partition coefficient (Wildman–Crippen LogP) is 5.06. The summed E-state index contributed by atoms with van der Waals surface area (Å²) in [7, 11) is 1.75. The van der Waals surface area contributed by atoms with Crippen LogP contribution < -0.4 is 9.47 Å². The number of methoxy groups -OCH3 is 1. The summed E-state index contributed by atoms with van der Waals surface area (Å²) in [5, 5.41) is 9.24. The Morgan fingerprint density at radius 2 is 2.06 bits per heavy atom. The summed E-state index contributed by atoms with van der Waals surface area (Å²) in [5.74, 6) is 1.45. The van der Waals surface area contributed by atoms with Gasteiger partial charge in [0.15, 0.2) is 0 Å². The number of rotatable bonds is 3. The predicted molar refractivity (Wildman–Crippen MR) is 117 cm³/mol. The van der Waals surface area contributed by atoms with Gasteiger partial charge in [-0.1, -0.05) is 18.2 Å². The third-order valence-electron chi connectivity index (χ3n) is 7.35. The minimum Gasteiger partial charge on any atom is -0.496 e. The molecule has 0 radical (unpaired) electrons. The Labute approximate surface area is 183 Å². The summed E-state index contributed by atoms with van der Waals surface area (Å²) in [6, 6.07) is 12.1. The van der Waals surface area contributed by atoms with E-state index in [0.29, 0.717) is 5.92 Å². The maximum absolute atomic E-state index is 11.2. The van der Waals surface area contributed by atoms with Crippen LogP contribution in [-0.2, 0) is 22.4 Å². The second-order valence-electron chi connectivity index (χ2n) is 9.61. The van der Waals surface area contributed by atoms with Crippen LogP contribution in [0.5, 0.6) is 11.5 Å². The number of hydrogen-bond donors (Lipinski definition) is 1. The number of fused-ring (bicyclic) bond motifs is 6. The summed E-state index contributed by atoms with van der Waals surface area (Å²) in [6.45, 7) is 4.29. The van der Waals surface area contributed by atoms with Crippen LogP contribution in [0.25, 0.3) is 0 Å². The summed E-state index contributed by atoms with van der Waals surface area (Å²) < 4.78 is 19.0. The number of aliphatic carboxylic acids is 1. The molecule has 5 nitrogen and oxygen atoms in total. The van der Waals surface area contributed by atoms with E-state index in [-0.39, 0.29) is 30.1 Å². The highest BCUT2D eigenvalue weighted by atomic mass is 16.5. The van der Waals surface area contributed by atoms with Gasteiger partial charge in [0.05, 0.1) is 25.7 Å². The fourth-order valence-electron chi connectivity index (χ4n) is 5.89. The molecule has 4 atom stereocenters. The molecule has 2 aromatic carbocycles. The van der Waals surface area contributed by atoms with Crippen LogP contribution in [0.1, 0.15) is 67.4 Å². The summed E-state index contributed by atoms with van der Waals surface area (Å²) in [4.78, 5) is 11.2. The average molecular weight is 423 g/mol. The maximum Gasteiger partial charge on any atom is 0.307 e. The molecule has 0 unspecified atom stereocenters. The molecule has 31 heavy (non-hydrogen) atoms. The van der Waals surface area contributed by atoms with Gasteiger partial charge in [0.25, 0.3) is 0 Å². The van der Waals surface area contributed by atoms with E-state index in [1.54, 1.807) is 7.11 Å². The molecule has 1 fully saturated rings. The zero-order valence-corrected chi connectivity index (χ0v) is 18.4. The van der Waals surface area contributed by atoms with E-state index in [0.717, 1.165) is 48.3 Å². The molecule has 5 rings (SSSR count). The third kappa shape index (κ3) is 3.49. The van der Waals surface area contributed by atoms with Crippen LogP contribution in [0, 0.1) is 5.92 Å². The van der Waals surface area contributed by atoms with Gasteiger partial charge in [0.1, 0.15) is 17.1 Å². The van der Waals surface area contributed by atoms with Crippen molar-refractivity contribution in [2.75, 3.05) is 7.11 Å². The van der Waals surface area contributed by atoms with E-state index >= 15 is 0 Å². The molecule has 2 aromatic rings. The van der Waals surface area contributed by atoms with Gasteiger partial charge in [-0.25, -0.2) is 0 Å². The van der Waals surface area contributed by atoms with Gasteiger partial charge in [-0.15, -0.1) is 0 Å². The lowest BCUT2D eigenvalue weighted by Gasteiger charge is -2.51. The molecule has 1 N–H and O–H groups in total. The molecule has 5 heteroatoms. The van der Waals surface area contributed by atoms with Gasteiger partial charge in [-0.05, 0) is 74.4 Å². The monoisotopic (exact) mass is 422 g/mol. The third-order valence-corrected chi connectivity index (χ3v) is 7.35. The fraction of sp³-hybridized carbons (Fsp3) is 0.500. The Bertz CT molecular complexity index is 1010. The molecule has 164 valence electrons. The van der Waals surface area contributed by atoms with Crippen molar-refractivity contribution in [3.63, 3.8) is 0 Å². The van der Waals surface area contributed by atoms with Gasteiger partial charge >= 0.3 is 5.97 Å². The van der Waals surface area contributed by atoms with Crippen LogP contribution in [0.2, 0.25) is 0 Å². The van der Waals surface area contributed by atoms with Crippen molar-refractivity contribution in [3.05, 3.63) is 58.7 Å². The Morgan fingerprint density at radius 3 is 2.84 bits per heavy atom. The molecule has 1 saturated heterocycles. The average Bonchev–Trinajstić information content (AvgIpc) is 2.91. The summed E-state index contributed by atoms with van der Waals surface area (Å²) >= 11 is 0. The summed E-state index contributed by atoms with van der Waals surface area (Å²) in [5.41, 5.74) is 4.08. The topological polar surface area (TPSA) is 65.0 Å². The minimum atomic E-state index is -0.826. The van der Waals surface area contributed by atoms with Crippen LogP contribution in [-0.4, -0.2) is 29.9 Å². The normalized spacial score (nSPS) is 28.1. The number of ether oxygens (including phenoxy) is 3. The fourth-order valence-corrected chi connectivity index (χ4v) is 5.89. The van der Waals surface area contributed by atoms with Crippen molar-refractivity contribution in [1.82, 2.24) is 0 Å². The van der Waals surface area contributed by atoms with Gasteiger partial charge in [0.2, 0.25) is 0 Å². The molecule has 0 amide bonds. The van der Waals surface area contributed by atoms with Crippen molar-refractivity contribution in [2.24, 2.45) is 5.92 Å². The van der Waals surface area contributed by atoms with Crippen LogP contribution >= 0.6 is 0 Å². The van der Waals surface area contributed by atoms with Gasteiger partial charge in [-0.2, -0.15) is 0 Å². The molecule has 0 bridgehead atoms. The van der Waals surface area contributed by atoms with Crippen LogP contribution in [0.4, 0.5) is 0 Å². The minimum absolute atomic E-state index is 0.00723. The first-order chi connectivity index (χ1) is 14.9. The van der Waals surface area contributed by atoms with Gasteiger partial charge < -0.3 is 19.3 Å². The van der Waals surface area contributed by atoms with E-state index in [9.17, 15) is 9.90 Å². The number of benzene rings is 2.